The molecule has 0 radical (unpaired) electrons. The number of carbonyl (C=O) groups excluding carboxylic acids is 1. The maximum absolute atomic E-state index is 11.9. The number of nitrogens with one attached hydrogen (secondary N) is 2. The summed E-state index contributed by atoms with van der Waals surface area (Å²) in [6.07, 6.45) is 0. The third kappa shape index (κ3) is 4.44. The third-order valence-electron chi connectivity index (χ3n) is 3.03. The largest absolute Gasteiger partial charge is 0.363 e. The van der Waals surface area contributed by atoms with Crippen molar-refractivity contribution in [1.29, 1.82) is 0 Å². The SMILES string of the molecule is Cc1cccc(NC(=O)NCc2nc(C)cc(N(C)C)n2)c1. The van der Waals surface area contributed by atoms with Crippen molar-refractivity contribution in [3.8, 4) is 0 Å². The number of aromatic nitrogens is 2. The predicted molar refractivity (Wildman–Crippen MR) is 88.1 cm³/mol. The Bertz CT molecular complexity index is 669. The zero-order valence-electron chi connectivity index (χ0n) is 13.3. The van der Waals surface area contributed by atoms with Crippen molar-refractivity contribution in [2.24, 2.45) is 0 Å². The molecule has 2 amide bonds. The number of benzene rings is 1. The predicted octanol–water partition coefficient (Wildman–Crippen LogP) is 2.48. The van der Waals surface area contributed by atoms with E-state index in [1.807, 2.05) is 63.2 Å². The molecule has 1 aromatic heterocycles. The third-order valence-corrected chi connectivity index (χ3v) is 3.03. The van der Waals surface area contributed by atoms with E-state index in [0.717, 1.165) is 22.8 Å². The van der Waals surface area contributed by atoms with Gasteiger partial charge in [-0.1, -0.05) is 12.1 Å². The molecular formula is C16H21N5O. The lowest BCUT2D eigenvalue weighted by atomic mass is 10.2. The van der Waals surface area contributed by atoms with Crippen molar-refractivity contribution in [2.75, 3.05) is 24.3 Å². The standard InChI is InChI=1S/C16H21N5O/c1-11-6-5-7-13(8-11)19-16(22)17-10-14-18-12(2)9-15(20-14)21(3)4/h5-9H,10H2,1-4H3,(H2,17,19,22). The van der Waals surface area contributed by atoms with Crippen LogP contribution < -0.4 is 15.5 Å². The Morgan fingerprint density at radius 2 is 1.95 bits per heavy atom. The van der Waals surface area contributed by atoms with Crippen molar-refractivity contribution in [2.45, 2.75) is 20.4 Å². The summed E-state index contributed by atoms with van der Waals surface area (Å²) < 4.78 is 0. The second kappa shape index (κ2) is 6.89. The second-order valence-electron chi connectivity index (χ2n) is 5.36. The average molecular weight is 299 g/mol. The molecule has 0 spiro atoms. The van der Waals surface area contributed by atoms with Gasteiger partial charge in [-0.3, -0.25) is 0 Å². The molecule has 2 aromatic rings. The lowest BCUT2D eigenvalue weighted by Gasteiger charge is -2.13. The number of carbonyl (C=O) groups is 1. The molecule has 1 aromatic carbocycles. The molecule has 0 aliphatic rings. The fourth-order valence-corrected chi connectivity index (χ4v) is 1.98. The van der Waals surface area contributed by atoms with Crippen LogP contribution in [0.2, 0.25) is 0 Å². The number of amides is 2. The molecule has 0 aliphatic carbocycles. The highest BCUT2D eigenvalue weighted by Gasteiger charge is 2.06. The van der Waals surface area contributed by atoms with Crippen LogP contribution in [0.4, 0.5) is 16.3 Å². The molecule has 0 bridgehead atoms. The molecule has 0 fully saturated rings. The number of rotatable bonds is 4. The summed E-state index contributed by atoms with van der Waals surface area (Å²) in [6, 6.07) is 9.26. The molecule has 6 nitrogen and oxygen atoms in total. The van der Waals surface area contributed by atoms with Gasteiger partial charge in [-0.25, -0.2) is 14.8 Å². The van der Waals surface area contributed by atoms with Gasteiger partial charge >= 0.3 is 6.03 Å². The number of hydrogen-bond acceptors (Lipinski definition) is 4. The Balaban J connectivity index is 1.96. The first-order valence-corrected chi connectivity index (χ1v) is 7.07. The maximum Gasteiger partial charge on any atom is 0.319 e. The molecule has 0 saturated carbocycles. The number of urea groups is 1. The minimum absolute atomic E-state index is 0.276. The van der Waals surface area contributed by atoms with Crippen LogP contribution in [-0.2, 0) is 6.54 Å². The molecule has 6 heteroatoms. The fraction of sp³-hybridized carbons (Fsp3) is 0.312. The van der Waals surface area contributed by atoms with Crippen LogP contribution in [0.1, 0.15) is 17.1 Å². The number of anilines is 2. The van der Waals surface area contributed by atoms with Gasteiger partial charge in [0.05, 0.1) is 6.54 Å². The van der Waals surface area contributed by atoms with Gasteiger partial charge in [-0.15, -0.1) is 0 Å². The van der Waals surface area contributed by atoms with E-state index >= 15 is 0 Å². The Hall–Kier alpha value is -2.63. The van der Waals surface area contributed by atoms with Crippen LogP contribution in [0, 0.1) is 13.8 Å². The van der Waals surface area contributed by atoms with E-state index in [1.54, 1.807) is 0 Å². The molecule has 22 heavy (non-hydrogen) atoms. The van der Waals surface area contributed by atoms with Gasteiger partial charge in [0.1, 0.15) is 11.6 Å². The van der Waals surface area contributed by atoms with E-state index in [2.05, 4.69) is 20.6 Å². The van der Waals surface area contributed by atoms with Gasteiger partial charge in [-0.2, -0.15) is 0 Å². The van der Waals surface area contributed by atoms with Gasteiger partial charge in [0.25, 0.3) is 0 Å². The van der Waals surface area contributed by atoms with Crippen LogP contribution in [-0.4, -0.2) is 30.1 Å². The van der Waals surface area contributed by atoms with Crippen molar-refractivity contribution >= 4 is 17.5 Å². The highest BCUT2D eigenvalue weighted by Crippen LogP contribution is 2.10. The summed E-state index contributed by atoms with van der Waals surface area (Å²) in [7, 11) is 3.84. The topological polar surface area (TPSA) is 70.2 Å². The van der Waals surface area contributed by atoms with Crippen LogP contribution in [0.5, 0.6) is 0 Å². The second-order valence-corrected chi connectivity index (χ2v) is 5.36. The Morgan fingerprint density at radius 3 is 2.64 bits per heavy atom. The zero-order valence-corrected chi connectivity index (χ0v) is 13.3. The van der Waals surface area contributed by atoms with Crippen molar-refractivity contribution in [1.82, 2.24) is 15.3 Å². The number of aryl methyl sites for hydroxylation is 2. The van der Waals surface area contributed by atoms with Crippen molar-refractivity contribution in [3.05, 3.63) is 47.4 Å². The Kier molecular flexibility index (Phi) is 4.93. The summed E-state index contributed by atoms with van der Waals surface area (Å²) >= 11 is 0. The van der Waals surface area contributed by atoms with Crippen LogP contribution >= 0.6 is 0 Å². The molecular weight excluding hydrogens is 278 g/mol. The van der Waals surface area contributed by atoms with E-state index in [-0.39, 0.29) is 12.6 Å². The van der Waals surface area contributed by atoms with Crippen LogP contribution in [0.3, 0.4) is 0 Å². The quantitative estimate of drug-likeness (QED) is 0.910. The highest BCUT2D eigenvalue weighted by atomic mass is 16.2. The van der Waals surface area contributed by atoms with Gasteiger partial charge < -0.3 is 15.5 Å². The molecule has 0 saturated heterocycles. The van der Waals surface area contributed by atoms with Gasteiger partial charge in [-0.05, 0) is 31.5 Å². The van der Waals surface area contributed by atoms with Crippen molar-refractivity contribution < 1.29 is 4.79 Å². The molecule has 0 unspecified atom stereocenters. The lowest BCUT2D eigenvalue weighted by Crippen LogP contribution is -2.29. The molecule has 0 aliphatic heterocycles. The summed E-state index contributed by atoms with van der Waals surface area (Å²) in [5.74, 6) is 1.41. The summed E-state index contributed by atoms with van der Waals surface area (Å²) in [4.78, 5) is 22.5. The number of nitrogens with zero attached hydrogens (tertiary/aromatic N) is 3. The minimum atomic E-state index is -0.276. The first-order valence-electron chi connectivity index (χ1n) is 7.07. The summed E-state index contributed by atoms with van der Waals surface area (Å²) in [5, 5.41) is 5.56. The maximum atomic E-state index is 11.9. The lowest BCUT2D eigenvalue weighted by molar-refractivity contribution is 0.251. The Morgan fingerprint density at radius 1 is 1.18 bits per heavy atom. The number of hydrogen-bond donors (Lipinski definition) is 2. The van der Waals surface area contributed by atoms with Gasteiger partial charge in [0, 0.05) is 31.5 Å². The van der Waals surface area contributed by atoms with E-state index < -0.39 is 0 Å². The van der Waals surface area contributed by atoms with Crippen LogP contribution in [0.15, 0.2) is 30.3 Å². The normalized spacial score (nSPS) is 10.2. The van der Waals surface area contributed by atoms with E-state index in [4.69, 9.17) is 0 Å². The molecule has 2 N–H and O–H groups in total. The highest BCUT2D eigenvalue weighted by molar-refractivity contribution is 5.89. The van der Waals surface area contributed by atoms with Crippen LogP contribution in [0.25, 0.3) is 0 Å². The fourth-order valence-electron chi connectivity index (χ4n) is 1.98. The summed E-state index contributed by atoms with van der Waals surface area (Å²) in [5.41, 5.74) is 2.72. The Labute approximate surface area is 130 Å². The zero-order chi connectivity index (χ0) is 16.1. The molecule has 1 heterocycles. The molecule has 0 atom stereocenters. The molecule has 116 valence electrons. The smallest absolute Gasteiger partial charge is 0.319 e. The van der Waals surface area contributed by atoms with E-state index in [1.165, 1.54) is 0 Å². The van der Waals surface area contributed by atoms with E-state index in [0.29, 0.717) is 5.82 Å². The first-order chi connectivity index (χ1) is 10.4. The average Bonchev–Trinajstić information content (AvgIpc) is 2.44. The summed E-state index contributed by atoms with van der Waals surface area (Å²) in [6.45, 7) is 4.16. The van der Waals surface area contributed by atoms with Gasteiger partial charge in [0.15, 0.2) is 0 Å². The minimum Gasteiger partial charge on any atom is -0.363 e. The monoisotopic (exact) mass is 299 g/mol. The first kappa shape index (κ1) is 15.8. The van der Waals surface area contributed by atoms with Crippen molar-refractivity contribution in [3.63, 3.8) is 0 Å². The van der Waals surface area contributed by atoms with Gasteiger partial charge in [0.2, 0.25) is 0 Å². The van der Waals surface area contributed by atoms with E-state index in [9.17, 15) is 4.79 Å². The molecule has 2 rings (SSSR count).